The molecule has 0 aromatic carbocycles. The molecule has 17 heavy (non-hydrogen) atoms. The van der Waals surface area contributed by atoms with Gasteiger partial charge in [-0.3, -0.25) is 5.10 Å². The summed E-state index contributed by atoms with van der Waals surface area (Å²) in [4.78, 5) is 10.5. The first kappa shape index (κ1) is 12.1. The summed E-state index contributed by atoms with van der Waals surface area (Å²) in [5.41, 5.74) is 0.669. The van der Waals surface area contributed by atoms with Gasteiger partial charge in [-0.15, -0.1) is 0 Å². The average Bonchev–Trinajstić information content (AvgIpc) is 2.73. The molecule has 0 bridgehead atoms. The minimum atomic E-state index is 0.236. The van der Waals surface area contributed by atoms with Crippen LogP contribution in [0.2, 0.25) is 5.28 Å². The molecule has 92 valence electrons. The van der Waals surface area contributed by atoms with Gasteiger partial charge >= 0.3 is 0 Å². The highest BCUT2D eigenvalue weighted by molar-refractivity contribution is 6.28. The zero-order valence-corrected chi connectivity index (χ0v) is 11.2. The third-order valence-corrected chi connectivity index (χ3v) is 3.34. The number of nitrogens with zero attached hydrogens (tertiary/aromatic N) is 4. The maximum absolute atomic E-state index is 5.91. The summed E-state index contributed by atoms with van der Waals surface area (Å²) in [6.45, 7) is 6.51. The van der Waals surface area contributed by atoms with Crippen LogP contribution < -0.4 is 4.90 Å². The van der Waals surface area contributed by atoms with Crippen LogP contribution in [0.4, 0.5) is 5.82 Å². The fourth-order valence-electron chi connectivity index (χ4n) is 1.70. The Morgan fingerprint density at radius 2 is 2.00 bits per heavy atom. The lowest BCUT2D eigenvalue weighted by Gasteiger charge is -2.29. The Kier molecular flexibility index (Phi) is 3.19. The molecule has 0 radical (unpaired) electrons. The van der Waals surface area contributed by atoms with Gasteiger partial charge in [0.1, 0.15) is 5.82 Å². The second-order valence-corrected chi connectivity index (χ2v) is 4.88. The van der Waals surface area contributed by atoms with Crippen LogP contribution in [0.5, 0.6) is 0 Å². The number of hydrogen-bond donors (Lipinski definition) is 1. The highest BCUT2D eigenvalue weighted by Crippen LogP contribution is 2.25. The first-order valence-electron chi connectivity index (χ1n) is 5.60. The highest BCUT2D eigenvalue weighted by Gasteiger charge is 2.19. The van der Waals surface area contributed by atoms with E-state index in [-0.39, 0.29) is 5.28 Å². The number of hydrogen-bond acceptors (Lipinski definition) is 4. The molecule has 2 aromatic rings. The van der Waals surface area contributed by atoms with Crippen molar-refractivity contribution in [3.63, 3.8) is 0 Å². The Labute approximate surface area is 105 Å². The van der Waals surface area contributed by atoms with Crippen LogP contribution in [-0.2, 0) is 0 Å². The summed E-state index contributed by atoms with van der Waals surface area (Å²) in [5, 5.41) is 7.92. The Balaban J connectivity index is 2.50. The molecule has 2 rings (SSSR count). The van der Waals surface area contributed by atoms with E-state index in [4.69, 9.17) is 11.6 Å². The van der Waals surface area contributed by atoms with Gasteiger partial charge in [0, 0.05) is 13.1 Å². The fraction of sp³-hybridized carbons (Fsp3) is 0.545. The van der Waals surface area contributed by atoms with Gasteiger partial charge in [0.2, 0.25) is 5.28 Å². The van der Waals surface area contributed by atoms with Crippen molar-refractivity contribution in [3.8, 4) is 0 Å². The van der Waals surface area contributed by atoms with E-state index in [0.717, 1.165) is 11.2 Å². The number of H-pyrrole nitrogens is 1. The highest BCUT2D eigenvalue weighted by atomic mass is 35.5. The van der Waals surface area contributed by atoms with Crippen LogP contribution in [0, 0.1) is 5.92 Å². The average molecular weight is 254 g/mol. The van der Waals surface area contributed by atoms with E-state index in [2.05, 4.69) is 45.8 Å². The maximum Gasteiger partial charge on any atom is 0.226 e. The Hall–Kier alpha value is -1.36. The molecule has 0 saturated carbocycles. The Morgan fingerprint density at radius 1 is 1.29 bits per heavy atom. The van der Waals surface area contributed by atoms with Crippen LogP contribution in [0.15, 0.2) is 6.20 Å². The van der Waals surface area contributed by atoms with Gasteiger partial charge in [-0.25, -0.2) is 0 Å². The van der Waals surface area contributed by atoms with Gasteiger partial charge in [-0.1, -0.05) is 13.8 Å². The van der Waals surface area contributed by atoms with Gasteiger partial charge in [-0.2, -0.15) is 15.1 Å². The van der Waals surface area contributed by atoms with Gasteiger partial charge in [0.05, 0.1) is 11.6 Å². The number of aromatic nitrogens is 4. The third kappa shape index (κ3) is 2.20. The molecule has 0 aliphatic heterocycles. The summed E-state index contributed by atoms with van der Waals surface area (Å²) in [6, 6.07) is 0.360. The summed E-state index contributed by atoms with van der Waals surface area (Å²) < 4.78 is 0. The van der Waals surface area contributed by atoms with Crippen LogP contribution >= 0.6 is 11.6 Å². The van der Waals surface area contributed by atoms with E-state index in [1.165, 1.54) is 0 Å². The molecule has 0 aliphatic carbocycles. The largest absolute Gasteiger partial charge is 0.356 e. The lowest BCUT2D eigenvalue weighted by atomic mass is 10.1. The zero-order valence-electron chi connectivity index (χ0n) is 10.4. The zero-order chi connectivity index (χ0) is 12.6. The van der Waals surface area contributed by atoms with Crippen LogP contribution in [0.3, 0.4) is 0 Å². The van der Waals surface area contributed by atoms with E-state index in [1.807, 2.05) is 7.05 Å². The Bertz CT molecular complexity index is 522. The van der Waals surface area contributed by atoms with E-state index < -0.39 is 0 Å². The minimum Gasteiger partial charge on any atom is -0.356 e. The smallest absolute Gasteiger partial charge is 0.226 e. The number of anilines is 1. The van der Waals surface area contributed by atoms with E-state index in [0.29, 0.717) is 17.6 Å². The lowest BCUT2D eigenvalue weighted by molar-refractivity contribution is 0.503. The topological polar surface area (TPSA) is 57.7 Å². The molecule has 0 aliphatic rings. The molecule has 0 saturated heterocycles. The molecule has 0 fully saturated rings. The molecular formula is C11H16ClN5. The van der Waals surface area contributed by atoms with E-state index >= 15 is 0 Å². The lowest BCUT2D eigenvalue weighted by Crippen LogP contribution is -2.33. The predicted molar refractivity (Wildman–Crippen MR) is 69.4 cm³/mol. The number of aromatic amines is 1. The van der Waals surface area contributed by atoms with Crippen LogP contribution in [-0.4, -0.2) is 33.3 Å². The Morgan fingerprint density at radius 3 is 2.65 bits per heavy atom. The maximum atomic E-state index is 5.91. The molecule has 2 aromatic heterocycles. The molecule has 1 atom stereocenters. The quantitative estimate of drug-likeness (QED) is 0.854. The second-order valence-electron chi connectivity index (χ2n) is 4.54. The molecule has 6 heteroatoms. The van der Waals surface area contributed by atoms with Crippen molar-refractivity contribution in [2.24, 2.45) is 5.92 Å². The molecule has 1 unspecified atom stereocenters. The number of rotatable bonds is 3. The third-order valence-electron chi connectivity index (χ3n) is 3.17. The second kappa shape index (κ2) is 4.49. The van der Waals surface area contributed by atoms with Crippen molar-refractivity contribution in [1.82, 2.24) is 20.2 Å². The van der Waals surface area contributed by atoms with Crippen molar-refractivity contribution in [2.45, 2.75) is 26.8 Å². The predicted octanol–water partition coefficient (Wildman–Crippen LogP) is 2.49. The van der Waals surface area contributed by atoms with E-state index in [9.17, 15) is 0 Å². The normalized spacial score (nSPS) is 13.3. The number of fused-ring (bicyclic) bond motifs is 1. The standard InChI is InChI=1S/C11H16ClN5/c1-6(2)7(3)17(4)10-8-5-13-16-9(8)14-11(12)15-10/h5-7H,1-4H3,(H,13,14,15,16). The van der Waals surface area contributed by atoms with Crippen molar-refractivity contribution in [2.75, 3.05) is 11.9 Å². The number of nitrogens with one attached hydrogen (secondary N) is 1. The summed E-state index contributed by atoms with van der Waals surface area (Å²) in [6.07, 6.45) is 1.73. The van der Waals surface area contributed by atoms with Gasteiger partial charge in [0.15, 0.2) is 5.65 Å². The van der Waals surface area contributed by atoms with Crippen molar-refractivity contribution >= 4 is 28.5 Å². The van der Waals surface area contributed by atoms with Crippen molar-refractivity contribution < 1.29 is 0 Å². The fourth-order valence-corrected chi connectivity index (χ4v) is 1.87. The minimum absolute atomic E-state index is 0.236. The first-order chi connectivity index (χ1) is 8.00. The van der Waals surface area contributed by atoms with Gasteiger partial charge in [-0.05, 0) is 24.4 Å². The van der Waals surface area contributed by atoms with Crippen LogP contribution in [0.1, 0.15) is 20.8 Å². The molecule has 2 heterocycles. The van der Waals surface area contributed by atoms with Crippen LogP contribution in [0.25, 0.3) is 11.0 Å². The summed E-state index contributed by atoms with van der Waals surface area (Å²) >= 11 is 5.91. The molecule has 1 N–H and O–H groups in total. The molecule has 0 amide bonds. The monoisotopic (exact) mass is 253 g/mol. The number of halogens is 1. The summed E-state index contributed by atoms with van der Waals surface area (Å²) in [5.74, 6) is 1.34. The van der Waals surface area contributed by atoms with Gasteiger partial charge < -0.3 is 4.90 Å². The molecule has 5 nitrogen and oxygen atoms in total. The first-order valence-corrected chi connectivity index (χ1v) is 5.98. The van der Waals surface area contributed by atoms with E-state index in [1.54, 1.807) is 6.20 Å². The summed E-state index contributed by atoms with van der Waals surface area (Å²) in [7, 11) is 2.01. The van der Waals surface area contributed by atoms with Gasteiger partial charge in [0.25, 0.3) is 0 Å². The molecule has 0 spiro atoms. The van der Waals surface area contributed by atoms with Crippen molar-refractivity contribution in [3.05, 3.63) is 11.5 Å². The SMILES string of the molecule is CC(C)C(C)N(C)c1nc(Cl)nc2[nH]ncc12. The van der Waals surface area contributed by atoms with Crippen molar-refractivity contribution in [1.29, 1.82) is 0 Å². The molecular weight excluding hydrogens is 238 g/mol.